The van der Waals surface area contributed by atoms with Gasteiger partial charge in [-0.05, 0) is 26.0 Å². The Morgan fingerprint density at radius 2 is 2.45 bits per heavy atom. The lowest BCUT2D eigenvalue weighted by molar-refractivity contribution is -0.0265. The Labute approximate surface area is 123 Å². The number of hydrogen-bond donors (Lipinski definition) is 1. The lowest BCUT2D eigenvalue weighted by Gasteiger charge is -2.35. The van der Waals surface area contributed by atoms with E-state index in [-0.39, 0.29) is 11.7 Å². The Hall–Kier alpha value is -1.11. The van der Waals surface area contributed by atoms with Crippen LogP contribution in [-0.4, -0.2) is 58.6 Å². The highest BCUT2D eigenvalue weighted by molar-refractivity contribution is 7.99. The zero-order valence-corrected chi connectivity index (χ0v) is 12.6. The highest BCUT2D eigenvalue weighted by atomic mass is 32.2. The molecule has 1 unspecified atom stereocenters. The van der Waals surface area contributed by atoms with Crippen molar-refractivity contribution in [3.8, 4) is 0 Å². The molecule has 0 bridgehead atoms. The SMILES string of the molecule is CC(C)N1CCOC(CSc2ncccc2C(=O)O)C1. The molecule has 5 nitrogen and oxygen atoms in total. The number of carbonyl (C=O) groups is 1. The minimum atomic E-state index is -0.936. The van der Waals surface area contributed by atoms with Crippen molar-refractivity contribution in [1.29, 1.82) is 0 Å². The first kappa shape index (κ1) is 15.3. The van der Waals surface area contributed by atoms with Gasteiger partial charge in [0.1, 0.15) is 5.03 Å². The van der Waals surface area contributed by atoms with E-state index in [4.69, 9.17) is 9.84 Å². The van der Waals surface area contributed by atoms with Crippen LogP contribution in [0.15, 0.2) is 23.4 Å². The second-order valence-electron chi connectivity index (χ2n) is 5.05. The first-order valence-electron chi connectivity index (χ1n) is 6.74. The molecule has 1 fully saturated rings. The third-order valence-electron chi connectivity index (χ3n) is 3.31. The maximum atomic E-state index is 11.1. The van der Waals surface area contributed by atoms with Crippen LogP contribution >= 0.6 is 11.8 Å². The fourth-order valence-electron chi connectivity index (χ4n) is 2.15. The predicted molar refractivity (Wildman–Crippen MR) is 78.4 cm³/mol. The summed E-state index contributed by atoms with van der Waals surface area (Å²) < 4.78 is 5.74. The molecule has 20 heavy (non-hydrogen) atoms. The average Bonchev–Trinajstić information content (AvgIpc) is 2.45. The highest BCUT2D eigenvalue weighted by Crippen LogP contribution is 2.23. The third kappa shape index (κ3) is 3.94. The molecule has 0 radical (unpaired) electrons. The van der Waals surface area contributed by atoms with Gasteiger partial charge in [-0.1, -0.05) is 0 Å². The molecule has 0 saturated carbocycles. The van der Waals surface area contributed by atoms with Gasteiger partial charge in [0.2, 0.25) is 0 Å². The van der Waals surface area contributed by atoms with Crippen LogP contribution in [-0.2, 0) is 4.74 Å². The number of aromatic carboxylic acids is 1. The second kappa shape index (κ2) is 7.06. The lowest BCUT2D eigenvalue weighted by Crippen LogP contribution is -2.46. The summed E-state index contributed by atoms with van der Waals surface area (Å²) in [6, 6.07) is 3.74. The van der Waals surface area contributed by atoms with Crippen molar-refractivity contribution in [2.45, 2.75) is 31.0 Å². The third-order valence-corrected chi connectivity index (χ3v) is 4.45. The van der Waals surface area contributed by atoms with E-state index in [1.807, 2.05) is 0 Å². The molecule has 6 heteroatoms. The largest absolute Gasteiger partial charge is 0.478 e. The molecule has 0 spiro atoms. The molecule has 1 aromatic rings. The summed E-state index contributed by atoms with van der Waals surface area (Å²) in [7, 11) is 0. The van der Waals surface area contributed by atoms with Crippen molar-refractivity contribution in [3.05, 3.63) is 23.9 Å². The molecule has 1 atom stereocenters. The van der Waals surface area contributed by atoms with E-state index < -0.39 is 5.97 Å². The van der Waals surface area contributed by atoms with Crippen LogP contribution in [0.4, 0.5) is 0 Å². The van der Waals surface area contributed by atoms with E-state index in [2.05, 4.69) is 23.7 Å². The summed E-state index contributed by atoms with van der Waals surface area (Å²) in [5.41, 5.74) is 0.258. The zero-order chi connectivity index (χ0) is 14.5. The number of pyridine rings is 1. The minimum Gasteiger partial charge on any atom is -0.478 e. The smallest absolute Gasteiger partial charge is 0.338 e. The molecule has 2 heterocycles. The van der Waals surface area contributed by atoms with Gasteiger partial charge in [-0.2, -0.15) is 0 Å². The fourth-order valence-corrected chi connectivity index (χ4v) is 3.14. The van der Waals surface area contributed by atoms with Crippen LogP contribution in [0.3, 0.4) is 0 Å². The average molecular weight is 296 g/mol. The van der Waals surface area contributed by atoms with Crippen LogP contribution < -0.4 is 0 Å². The van der Waals surface area contributed by atoms with E-state index in [0.29, 0.717) is 11.1 Å². The van der Waals surface area contributed by atoms with E-state index in [9.17, 15) is 4.79 Å². The van der Waals surface area contributed by atoms with Gasteiger partial charge in [-0.25, -0.2) is 9.78 Å². The topological polar surface area (TPSA) is 62.7 Å². The maximum absolute atomic E-state index is 11.1. The second-order valence-corrected chi connectivity index (χ2v) is 6.06. The molecule has 2 rings (SSSR count). The van der Waals surface area contributed by atoms with Crippen LogP contribution in [0, 0.1) is 0 Å². The van der Waals surface area contributed by atoms with Crippen molar-refractivity contribution in [1.82, 2.24) is 9.88 Å². The molecule has 1 aliphatic heterocycles. The number of aromatic nitrogens is 1. The van der Waals surface area contributed by atoms with Gasteiger partial charge < -0.3 is 9.84 Å². The standard InChI is InChI=1S/C14H20N2O3S/c1-10(2)16-6-7-19-11(8-16)9-20-13-12(14(17)18)4-3-5-15-13/h3-5,10-11H,6-9H2,1-2H3,(H,17,18). The van der Waals surface area contributed by atoms with Crippen molar-refractivity contribution in [2.24, 2.45) is 0 Å². The maximum Gasteiger partial charge on any atom is 0.338 e. The summed E-state index contributed by atoms with van der Waals surface area (Å²) in [5, 5.41) is 9.69. The molecular weight excluding hydrogens is 276 g/mol. The lowest BCUT2D eigenvalue weighted by atomic mass is 10.2. The van der Waals surface area contributed by atoms with E-state index >= 15 is 0 Å². The summed E-state index contributed by atoms with van der Waals surface area (Å²) in [5.74, 6) is -0.213. The van der Waals surface area contributed by atoms with Gasteiger partial charge in [0, 0.05) is 31.1 Å². The van der Waals surface area contributed by atoms with Crippen molar-refractivity contribution < 1.29 is 14.6 Å². The number of thioether (sulfide) groups is 1. The van der Waals surface area contributed by atoms with Gasteiger partial charge >= 0.3 is 5.97 Å². The van der Waals surface area contributed by atoms with Gasteiger partial charge in [-0.15, -0.1) is 11.8 Å². The Morgan fingerprint density at radius 1 is 1.65 bits per heavy atom. The molecular formula is C14H20N2O3S. The summed E-state index contributed by atoms with van der Waals surface area (Å²) in [6.07, 6.45) is 1.75. The molecule has 0 aromatic carbocycles. The molecule has 1 aromatic heterocycles. The zero-order valence-electron chi connectivity index (χ0n) is 11.8. The monoisotopic (exact) mass is 296 g/mol. The highest BCUT2D eigenvalue weighted by Gasteiger charge is 2.23. The number of hydrogen-bond acceptors (Lipinski definition) is 5. The molecule has 0 amide bonds. The fraction of sp³-hybridized carbons (Fsp3) is 0.571. The quantitative estimate of drug-likeness (QED) is 0.838. The number of rotatable bonds is 5. The molecule has 1 N–H and O–H groups in total. The van der Waals surface area contributed by atoms with Crippen LogP contribution in [0.1, 0.15) is 24.2 Å². The number of carboxylic acids is 1. The Balaban J connectivity index is 1.94. The van der Waals surface area contributed by atoms with Crippen LogP contribution in [0.2, 0.25) is 0 Å². The first-order chi connectivity index (χ1) is 9.58. The number of ether oxygens (including phenoxy) is 1. The molecule has 1 saturated heterocycles. The minimum absolute atomic E-state index is 0.125. The Bertz CT molecular complexity index is 467. The van der Waals surface area contributed by atoms with Gasteiger partial charge in [0.05, 0.1) is 18.3 Å². The molecule has 0 aliphatic carbocycles. The normalized spacial score (nSPS) is 20.2. The first-order valence-corrected chi connectivity index (χ1v) is 7.73. The molecule has 110 valence electrons. The van der Waals surface area contributed by atoms with E-state index in [1.165, 1.54) is 11.8 Å². The number of carboxylic acid groups (broad SMARTS) is 1. The van der Waals surface area contributed by atoms with Crippen molar-refractivity contribution in [3.63, 3.8) is 0 Å². The van der Waals surface area contributed by atoms with Gasteiger partial charge in [-0.3, -0.25) is 4.90 Å². The number of morpholine rings is 1. The van der Waals surface area contributed by atoms with Gasteiger partial charge in [0.15, 0.2) is 0 Å². The summed E-state index contributed by atoms with van der Waals surface area (Å²) in [4.78, 5) is 17.7. The Kier molecular flexibility index (Phi) is 5.39. The van der Waals surface area contributed by atoms with Crippen LogP contribution in [0.5, 0.6) is 0 Å². The number of nitrogens with zero attached hydrogens (tertiary/aromatic N) is 2. The predicted octanol–water partition coefficient (Wildman–Crippen LogP) is 1.98. The molecule has 1 aliphatic rings. The van der Waals surface area contributed by atoms with Crippen molar-refractivity contribution in [2.75, 3.05) is 25.4 Å². The summed E-state index contributed by atoms with van der Waals surface area (Å²) >= 11 is 1.45. The van der Waals surface area contributed by atoms with Crippen molar-refractivity contribution >= 4 is 17.7 Å². The summed E-state index contributed by atoms with van der Waals surface area (Å²) in [6.45, 7) is 6.94. The van der Waals surface area contributed by atoms with Gasteiger partial charge in [0.25, 0.3) is 0 Å². The Morgan fingerprint density at radius 3 is 3.15 bits per heavy atom. The van der Waals surface area contributed by atoms with E-state index in [1.54, 1.807) is 18.3 Å². The van der Waals surface area contributed by atoms with Crippen LogP contribution in [0.25, 0.3) is 0 Å². The van der Waals surface area contributed by atoms with E-state index in [0.717, 1.165) is 25.4 Å².